The second kappa shape index (κ2) is 7.63. The topological polar surface area (TPSA) is 86.5 Å². The molecule has 1 rings (SSSR count). The van der Waals surface area contributed by atoms with Gasteiger partial charge in [-0.05, 0) is 6.42 Å². The number of hydrogen-bond donors (Lipinski definition) is 0. The van der Waals surface area contributed by atoms with Crippen molar-refractivity contribution in [2.24, 2.45) is 0 Å². The smallest absolute Gasteiger partial charge is 0.324 e. The highest BCUT2D eigenvalue weighted by molar-refractivity contribution is 7.13. The van der Waals surface area contributed by atoms with Gasteiger partial charge in [0.05, 0.1) is 18.0 Å². The number of thiophene rings is 1. The molecule has 6 nitrogen and oxygen atoms in total. The maximum atomic E-state index is 11.7. The van der Waals surface area contributed by atoms with E-state index >= 15 is 0 Å². The molecule has 0 saturated heterocycles. The lowest BCUT2D eigenvalue weighted by atomic mass is 10.1. The molecule has 0 bridgehead atoms. The van der Waals surface area contributed by atoms with Gasteiger partial charge in [-0.2, -0.15) is 0 Å². The van der Waals surface area contributed by atoms with Crippen LogP contribution in [0.3, 0.4) is 0 Å². The molecule has 0 spiro atoms. The fraction of sp³-hybridized carbons (Fsp3) is 0.500. The first-order chi connectivity index (χ1) is 9.04. The molecule has 0 amide bonds. The van der Waals surface area contributed by atoms with E-state index in [0.717, 1.165) is 24.2 Å². The predicted octanol–water partition coefficient (Wildman–Crippen LogP) is 2.96. The molecular weight excluding hydrogens is 270 g/mol. The zero-order valence-corrected chi connectivity index (χ0v) is 11.4. The van der Waals surface area contributed by atoms with Gasteiger partial charge in [0.25, 0.3) is 0 Å². The molecule has 7 heteroatoms. The Hall–Kier alpha value is -1.76. The van der Waals surface area contributed by atoms with E-state index in [1.165, 1.54) is 11.4 Å². The van der Waals surface area contributed by atoms with E-state index in [1.54, 1.807) is 0 Å². The highest BCUT2D eigenvalue weighted by Crippen LogP contribution is 2.23. The third kappa shape index (κ3) is 5.17. The number of hydrogen-bond acceptors (Lipinski definition) is 6. The minimum Gasteiger partial charge on any atom is -0.466 e. The molecule has 0 N–H and O–H groups in total. The van der Waals surface area contributed by atoms with Gasteiger partial charge in [0.2, 0.25) is 0 Å². The summed E-state index contributed by atoms with van der Waals surface area (Å²) in [7, 11) is 0. The lowest BCUT2D eigenvalue weighted by Gasteiger charge is -2.02. The number of Topliss-reactive ketones (excluding diaryl/α,β-unsaturated/α-hetero) is 1. The third-order valence-corrected chi connectivity index (χ3v) is 3.28. The van der Waals surface area contributed by atoms with E-state index < -0.39 is 10.9 Å². The molecule has 1 aromatic heterocycles. The average molecular weight is 285 g/mol. The quantitative estimate of drug-likeness (QED) is 0.241. The number of esters is 1. The van der Waals surface area contributed by atoms with E-state index in [2.05, 4.69) is 0 Å². The number of carbonyl (C=O) groups is 2. The number of ketones is 1. The van der Waals surface area contributed by atoms with Crippen LogP contribution in [0.1, 0.15) is 43.0 Å². The van der Waals surface area contributed by atoms with E-state index in [0.29, 0.717) is 6.61 Å². The summed E-state index contributed by atoms with van der Waals surface area (Å²) < 4.78 is 4.92. The van der Waals surface area contributed by atoms with Crippen LogP contribution >= 0.6 is 11.3 Å². The van der Waals surface area contributed by atoms with Crippen LogP contribution in [0, 0.1) is 10.1 Å². The fourth-order valence-electron chi connectivity index (χ4n) is 1.33. The van der Waals surface area contributed by atoms with E-state index in [-0.39, 0.29) is 29.2 Å². The first-order valence-corrected chi connectivity index (χ1v) is 6.84. The molecule has 0 aliphatic rings. The lowest BCUT2D eigenvalue weighted by Crippen LogP contribution is -2.08. The summed E-state index contributed by atoms with van der Waals surface area (Å²) >= 11 is 0.901. The molecule has 19 heavy (non-hydrogen) atoms. The summed E-state index contributed by atoms with van der Waals surface area (Å²) in [6.07, 6.45) is 1.76. The zero-order chi connectivity index (χ0) is 14.3. The van der Waals surface area contributed by atoms with Gasteiger partial charge in [-0.1, -0.05) is 24.7 Å². The SMILES string of the molecule is CCCCOC(=O)CCC(=O)c1csc([N+](=O)[O-])c1. The van der Waals surface area contributed by atoms with Crippen LogP contribution in [-0.4, -0.2) is 23.3 Å². The standard InChI is InChI=1S/C12H15NO5S/c1-2-3-6-18-12(15)5-4-10(14)9-7-11(13(16)17)19-8-9/h7-8H,2-6H2,1H3. The van der Waals surface area contributed by atoms with E-state index in [4.69, 9.17) is 4.74 Å². The Bertz CT molecular complexity index is 468. The molecule has 0 saturated carbocycles. The van der Waals surface area contributed by atoms with Crippen LogP contribution in [0.15, 0.2) is 11.4 Å². The van der Waals surface area contributed by atoms with Crippen molar-refractivity contribution >= 4 is 28.1 Å². The van der Waals surface area contributed by atoms with Crippen molar-refractivity contribution in [1.29, 1.82) is 0 Å². The lowest BCUT2D eigenvalue weighted by molar-refractivity contribution is -0.380. The molecule has 0 aliphatic heterocycles. The van der Waals surface area contributed by atoms with Crippen molar-refractivity contribution in [3.63, 3.8) is 0 Å². The molecule has 0 atom stereocenters. The van der Waals surface area contributed by atoms with Crippen molar-refractivity contribution in [3.8, 4) is 0 Å². The van der Waals surface area contributed by atoms with Crippen LogP contribution in [0.2, 0.25) is 0 Å². The minimum atomic E-state index is -0.541. The van der Waals surface area contributed by atoms with Gasteiger partial charge in [-0.25, -0.2) is 0 Å². The van der Waals surface area contributed by atoms with Gasteiger partial charge in [0.1, 0.15) is 0 Å². The molecule has 104 valence electrons. The van der Waals surface area contributed by atoms with Crippen molar-refractivity contribution in [2.45, 2.75) is 32.6 Å². The number of unbranched alkanes of at least 4 members (excludes halogenated alkanes) is 1. The highest BCUT2D eigenvalue weighted by atomic mass is 32.1. The monoisotopic (exact) mass is 285 g/mol. The molecule has 0 aromatic carbocycles. The number of nitro groups is 1. The Kier molecular flexibility index (Phi) is 6.14. The summed E-state index contributed by atoms with van der Waals surface area (Å²) in [5.41, 5.74) is 0.276. The van der Waals surface area contributed by atoms with Gasteiger partial charge >= 0.3 is 11.0 Å². The van der Waals surface area contributed by atoms with E-state index in [9.17, 15) is 19.7 Å². The molecule has 0 fully saturated rings. The molecule has 1 heterocycles. The second-order valence-corrected chi connectivity index (χ2v) is 4.82. The first-order valence-electron chi connectivity index (χ1n) is 5.96. The van der Waals surface area contributed by atoms with Crippen LogP contribution < -0.4 is 0 Å². The Balaban J connectivity index is 2.38. The van der Waals surface area contributed by atoms with Gasteiger partial charge in [-0.15, -0.1) is 0 Å². The molecule has 1 aromatic rings. The summed E-state index contributed by atoms with van der Waals surface area (Å²) in [6.45, 7) is 2.36. The van der Waals surface area contributed by atoms with Crippen LogP contribution in [-0.2, 0) is 9.53 Å². The minimum absolute atomic E-state index is 0.00614. The third-order valence-electron chi connectivity index (χ3n) is 2.40. The summed E-state index contributed by atoms with van der Waals surface area (Å²) in [6, 6.07) is 1.23. The Morgan fingerprint density at radius 2 is 2.16 bits per heavy atom. The Morgan fingerprint density at radius 1 is 1.42 bits per heavy atom. The number of rotatable bonds is 8. The summed E-state index contributed by atoms with van der Waals surface area (Å²) in [4.78, 5) is 32.9. The van der Waals surface area contributed by atoms with Crippen molar-refractivity contribution in [2.75, 3.05) is 6.61 Å². The van der Waals surface area contributed by atoms with E-state index in [1.807, 2.05) is 6.92 Å². The summed E-state index contributed by atoms with van der Waals surface area (Å²) in [5, 5.41) is 11.8. The van der Waals surface area contributed by atoms with Crippen LogP contribution in [0.4, 0.5) is 5.00 Å². The van der Waals surface area contributed by atoms with Crippen LogP contribution in [0.5, 0.6) is 0 Å². The maximum Gasteiger partial charge on any atom is 0.324 e. The average Bonchev–Trinajstić information content (AvgIpc) is 2.86. The Morgan fingerprint density at radius 3 is 2.74 bits per heavy atom. The molecule has 0 unspecified atom stereocenters. The van der Waals surface area contributed by atoms with Crippen molar-refractivity contribution in [1.82, 2.24) is 0 Å². The fourth-order valence-corrected chi connectivity index (χ4v) is 2.06. The van der Waals surface area contributed by atoms with Crippen LogP contribution in [0.25, 0.3) is 0 Å². The predicted molar refractivity (Wildman–Crippen MR) is 70.4 cm³/mol. The number of carbonyl (C=O) groups excluding carboxylic acids is 2. The number of ether oxygens (including phenoxy) is 1. The van der Waals surface area contributed by atoms with Gasteiger partial charge in [0.15, 0.2) is 5.78 Å². The number of nitrogens with zero attached hydrogens (tertiary/aromatic N) is 1. The Labute approximate surface area is 114 Å². The largest absolute Gasteiger partial charge is 0.466 e. The molecular formula is C12H15NO5S. The molecule has 0 radical (unpaired) electrons. The van der Waals surface area contributed by atoms with Crippen molar-refractivity contribution < 1.29 is 19.2 Å². The van der Waals surface area contributed by atoms with Gasteiger partial charge in [0, 0.05) is 23.4 Å². The first kappa shape index (κ1) is 15.3. The summed E-state index contributed by atoms with van der Waals surface area (Å²) in [5.74, 6) is -0.691. The van der Waals surface area contributed by atoms with Crippen molar-refractivity contribution in [3.05, 3.63) is 27.1 Å². The maximum absolute atomic E-state index is 11.7. The van der Waals surface area contributed by atoms with Gasteiger partial charge in [-0.3, -0.25) is 19.7 Å². The second-order valence-electron chi connectivity index (χ2n) is 3.93. The zero-order valence-electron chi connectivity index (χ0n) is 10.6. The molecule has 0 aliphatic carbocycles. The highest BCUT2D eigenvalue weighted by Gasteiger charge is 2.16. The normalized spacial score (nSPS) is 10.2. The van der Waals surface area contributed by atoms with Gasteiger partial charge < -0.3 is 4.74 Å².